The summed E-state index contributed by atoms with van der Waals surface area (Å²) in [5.74, 6) is -2.36. The molecule has 7 heteroatoms. The molecule has 0 atom stereocenters. The first-order valence-electron chi connectivity index (χ1n) is 5.43. The molecular formula is C12H13NO5S. The first-order valence-corrected chi connectivity index (χ1v) is 6.25. The van der Waals surface area contributed by atoms with Crippen molar-refractivity contribution >= 4 is 34.2 Å². The molecule has 0 spiro atoms. The fraction of sp³-hybridized carbons (Fsp3) is 0.250. The Bertz CT molecular complexity index is 532. The van der Waals surface area contributed by atoms with E-state index in [-0.39, 0.29) is 12.2 Å². The normalized spacial score (nSPS) is 10.4. The third-order valence-electron chi connectivity index (χ3n) is 1.96. The molecule has 1 rings (SSSR count). The highest BCUT2D eigenvalue weighted by atomic mass is 32.1. The minimum Gasteiger partial charge on any atom is -0.478 e. The third kappa shape index (κ3) is 4.55. The van der Waals surface area contributed by atoms with Gasteiger partial charge in [-0.1, -0.05) is 0 Å². The van der Waals surface area contributed by atoms with E-state index in [0.717, 1.165) is 17.0 Å². The van der Waals surface area contributed by atoms with E-state index < -0.39 is 17.8 Å². The number of nitrogens with one attached hydrogen (secondary N) is 1. The topological polar surface area (TPSA) is 92.7 Å². The van der Waals surface area contributed by atoms with Crippen LogP contribution in [0, 0.1) is 6.92 Å². The summed E-state index contributed by atoms with van der Waals surface area (Å²) in [6, 6.07) is 1.61. The Balaban J connectivity index is 2.86. The lowest BCUT2D eigenvalue weighted by molar-refractivity contribution is -0.131. The van der Waals surface area contributed by atoms with Crippen molar-refractivity contribution in [3.8, 4) is 0 Å². The van der Waals surface area contributed by atoms with Crippen LogP contribution in [0.1, 0.15) is 22.2 Å². The number of ether oxygens (including phenoxy) is 1. The summed E-state index contributed by atoms with van der Waals surface area (Å²) in [5, 5.41) is 11.2. The number of thiophene rings is 1. The molecule has 0 saturated carbocycles. The van der Waals surface area contributed by atoms with E-state index in [1.165, 1.54) is 11.3 Å². The molecule has 1 heterocycles. The summed E-state index contributed by atoms with van der Waals surface area (Å²) in [6.45, 7) is 3.71. The quantitative estimate of drug-likeness (QED) is 0.635. The van der Waals surface area contributed by atoms with Crippen molar-refractivity contribution in [1.29, 1.82) is 0 Å². The van der Waals surface area contributed by atoms with E-state index in [4.69, 9.17) is 9.84 Å². The number of amides is 1. The lowest BCUT2D eigenvalue weighted by Gasteiger charge is -2.03. The maximum atomic E-state index is 11.6. The van der Waals surface area contributed by atoms with E-state index in [2.05, 4.69) is 5.32 Å². The average molecular weight is 283 g/mol. The van der Waals surface area contributed by atoms with Gasteiger partial charge in [-0.3, -0.25) is 4.79 Å². The van der Waals surface area contributed by atoms with Crippen molar-refractivity contribution in [2.45, 2.75) is 13.8 Å². The van der Waals surface area contributed by atoms with Gasteiger partial charge in [0.2, 0.25) is 5.91 Å². The summed E-state index contributed by atoms with van der Waals surface area (Å²) in [4.78, 5) is 34.2. The molecule has 0 aliphatic heterocycles. The molecule has 0 aliphatic rings. The Hall–Kier alpha value is -2.15. The van der Waals surface area contributed by atoms with Gasteiger partial charge in [-0.05, 0) is 19.9 Å². The number of anilines is 1. The van der Waals surface area contributed by atoms with Crippen LogP contribution in [0.5, 0.6) is 0 Å². The molecule has 0 aromatic carbocycles. The number of aryl methyl sites for hydroxylation is 1. The summed E-state index contributed by atoms with van der Waals surface area (Å²) < 4.78 is 4.87. The van der Waals surface area contributed by atoms with Gasteiger partial charge in [-0.2, -0.15) is 0 Å². The molecule has 0 fully saturated rings. The van der Waals surface area contributed by atoms with Crippen LogP contribution in [-0.4, -0.2) is 29.6 Å². The third-order valence-corrected chi connectivity index (χ3v) is 2.93. The number of hydrogen-bond acceptors (Lipinski definition) is 5. The van der Waals surface area contributed by atoms with Crippen LogP contribution in [0.15, 0.2) is 18.2 Å². The number of esters is 1. The van der Waals surface area contributed by atoms with Crippen LogP contribution >= 0.6 is 11.3 Å². The number of carbonyl (C=O) groups excluding carboxylic acids is 2. The first kappa shape index (κ1) is 14.9. The Morgan fingerprint density at radius 1 is 1.42 bits per heavy atom. The zero-order chi connectivity index (χ0) is 14.4. The van der Waals surface area contributed by atoms with Crippen molar-refractivity contribution in [1.82, 2.24) is 0 Å². The van der Waals surface area contributed by atoms with Gasteiger partial charge in [0.25, 0.3) is 0 Å². The molecule has 1 aromatic heterocycles. The second-order valence-corrected chi connectivity index (χ2v) is 4.74. The lowest BCUT2D eigenvalue weighted by Crippen LogP contribution is -2.12. The molecule has 0 aliphatic carbocycles. The van der Waals surface area contributed by atoms with Crippen LogP contribution < -0.4 is 5.32 Å². The Morgan fingerprint density at radius 2 is 2.11 bits per heavy atom. The molecule has 102 valence electrons. The minimum absolute atomic E-state index is 0.236. The van der Waals surface area contributed by atoms with Gasteiger partial charge < -0.3 is 15.2 Å². The van der Waals surface area contributed by atoms with Gasteiger partial charge in [0.15, 0.2) is 0 Å². The van der Waals surface area contributed by atoms with Gasteiger partial charge in [0.1, 0.15) is 5.00 Å². The SMILES string of the molecule is CCOC(=O)c1cc(C)sc1NC(=O)C=CC(=O)O. The molecule has 0 bridgehead atoms. The highest BCUT2D eigenvalue weighted by Crippen LogP contribution is 2.28. The van der Waals surface area contributed by atoms with Gasteiger partial charge in [0, 0.05) is 17.0 Å². The number of carboxylic acid groups (broad SMARTS) is 1. The average Bonchev–Trinajstić information content (AvgIpc) is 2.68. The fourth-order valence-corrected chi connectivity index (χ4v) is 2.17. The van der Waals surface area contributed by atoms with Crippen LogP contribution in [0.3, 0.4) is 0 Å². The van der Waals surface area contributed by atoms with E-state index >= 15 is 0 Å². The number of carboxylic acids is 1. The summed E-state index contributed by atoms with van der Waals surface area (Å²) in [7, 11) is 0. The smallest absolute Gasteiger partial charge is 0.341 e. The lowest BCUT2D eigenvalue weighted by atomic mass is 10.3. The summed E-state index contributed by atoms with van der Waals surface area (Å²) >= 11 is 1.22. The van der Waals surface area contributed by atoms with Gasteiger partial charge >= 0.3 is 11.9 Å². The molecule has 0 radical (unpaired) electrons. The second kappa shape index (κ2) is 6.69. The molecule has 1 aromatic rings. The highest BCUT2D eigenvalue weighted by Gasteiger charge is 2.17. The summed E-state index contributed by atoms with van der Waals surface area (Å²) in [6.07, 6.45) is 1.60. The number of aliphatic carboxylic acids is 1. The van der Waals surface area contributed by atoms with Crippen molar-refractivity contribution in [3.63, 3.8) is 0 Å². The molecule has 19 heavy (non-hydrogen) atoms. The van der Waals surface area contributed by atoms with E-state index in [9.17, 15) is 14.4 Å². The Morgan fingerprint density at radius 3 is 2.68 bits per heavy atom. The van der Waals surface area contributed by atoms with E-state index in [0.29, 0.717) is 5.00 Å². The number of hydrogen-bond donors (Lipinski definition) is 2. The standard InChI is InChI=1S/C12H13NO5S/c1-3-18-12(17)8-6-7(2)19-11(8)13-9(14)4-5-10(15)16/h4-6H,3H2,1-2H3,(H,13,14)(H,15,16). The van der Waals surface area contributed by atoms with Crippen LogP contribution in [0.25, 0.3) is 0 Å². The maximum Gasteiger partial charge on any atom is 0.341 e. The molecule has 0 unspecified atom stereocenters. The molecule has 2 N–H and O–H groups in total. The van der Waals surface area contributed by atoms with Crippen LogP contribution in [-0.2, 0) is 14.3 Å². The van der Waals surface area contributed by atoms with Crippen LogP contribution in [0.2, 0.25) is 0 Å². The van der Waals surface area contributed by atoms with Gasteiger partial charge in [-0.25, -0.2) is 9.59 Å². The van der Waals surface area contributed by atoms with Crippen molar-refractivity contribution < 1.29 is 24.2 Å². The maximum absolute atomic E-state index is 11.6. The molecule has 1 amide bonds. The van der Waals surface area contributed by atoms with Crippen molar-refractivity contribution in [3.05, 3.63) is 28.7 Å². The Labute approximate surface area is 113 Å². The highest BCUT2D eigenvalue weighted by molar-refractivity contribution is 7.16. The molecule has 0 saturated heterocycles. The predicted octanol–water partition coefficient (Wildman–Crippen LogP) is 1.81. The number of carbonyl (C=O) groups is 3. The molecular weight excluding hydrogens is 270 g/mol. The number of rotatable bonds is 5. The Kier molecular flexibility index (Phi) is 5.25. The van der Waals surface area contributed by atoms with Gasteiger partial charge in [0.05, 0.1) is 12.2 Å². The van der Waals surface area contributed by atoms with Gasteiger partial charge in [-0.15, -0.1) is 11.3 Å². The van der Waals surface area contributed by atoms with E-state index in [1.54, 1.807) is 19.9 Å². The predicted molar refractivity (Wildman–Crippen MR) is 70.4 cm³/mol. The molecule has 6 nitrogen and oxygen atoms in total. The first-order chi connectivity index (χ1) is 8.93. The van der Waals surface area contributed by atoms with E-state index in [1.807, 2.05) is 0 Å². The zero-order valence-electron chi connectivity index (χ0n) is 10.4. The van der Waals surface area contributed by atoms with Crippen molar-refractivity contribution in [2.75, 3.05) is 11.9 Å². The van der Waals surface area contributed by atoms with Crippen LogP contribution in [0.4, 0.5) is 5.00 Å². The zero-order valence-corrected chi connectivity index (χ0v) is 11.2. The summed E-state index contributed by atoms with van der Waals surface area (Å²) in [5.41, 5.74) is 0.265. The monoisotopic (exact) mass is 283 g/mol. The van der Waals surface area contributed by atoms with Crippen molar-refractivity contribution in [2.24, 2.45) is 0 Å². The fourth-order valence-electron chi connectivity index (χ4n) is 1.27. The second-order valence-electron chi connectivity index (χ2n) is 3.48. The largest absolute Gasteiger partial charge is 0.478 e. The minimum atomic E-state index is -1.22.